The molecule has 14 rings (SSSR count). The van der Waals surface area contributed by atoms with Gasteiger partial charge in [0.15, 0.2) is 0 Å². The minimum absolute atomic E-state index is 0.912. The molecule has 312 valence electrons. The largest absolute Gasteiger partial charge is 0.309 e. The molecule has 0 spiro atoms. The van der Waals surface area contributed by atoms with Gasteiger partial charge in [-0.1, -0.05) is 158 Å². The molecule has 0 radical (unpaired) electrons. The molecule has 4 heteroatoms. The van der Waals surface area contributed by atoms with E-state index >= 15 is 0 Å². The summed E-state index contributed by atoms with van der Waals surface area (Å²) in [5.74, 6) is 0. The van der Waals surface area contributed by atoms with Crippen LogP contribution in [0, 0.1) is 0 Å². The van der Waals surface area contributed by atoms with E-state index in [-0.39, 0.29) is 0 Å². The van der Waals surface area contributed by atoms with E-state index in [1.165, 1.54) is 76.2 Å². The van der Waals surface area contributed by atoms with Crippen LogP contribution in [0.2, 0.25) is 0 Å². The molecular weight excluding hydrogens is 813 g/mol. The van der Waals surface area contributed by atoms with Crippen molar-refractivity contribution in [1.29, 1.82) is 0 Å². The van der Waals surface area contributed by atoms with Crippen molar-refractivity contribution in [3.63, 3.8) is 0 Å². The maximum absolute atomic E-state index is 5.49. The number of pyridine rings is 1. The fourth-order valence-corrected chi connectivity index (χ4v) is 10.7. The minimum Gasteiger partial charge on any atom is -0.309 e. The molecule has 14 aromatic rings. The van der Waals surface area contributed by atoms with Gasteiger partial charge in [0, 0.05) is 60.5 Å². The van der Waals surface area contributed by atoms with Gasteiger partial charge in [-0.3, -0.25) is 0 Å². The Morgan fingerprint density at radius 3 is 1.01 bits per heavy atom. The number of hydrogen-bond acceptors (Lipinski definition) is 1. The first-order valence-corrected chi connectivity index (χ1v) is 22.9. The van der Waals surface area contributed by atoms with Gasteiger partial charge in [0.1, 0.15) is 0 Å². The van der Waals surface area contributed by atoms with E-state index in [9.17, 15) is 0 Å². The Bertz CT molecular complexity index is 3990. The van der Waals surface area contributed by atoms with Crippen molar-refractivity contribution >= 4 is 76.2 Å². The molecule has 10 aromatic carbocycles. The zero-order valence-corrected chi connectivity index (χ0v) is 36.4. The lowest BCUT2D eigenvalue weighted by atomic mass is 9.97. The second-order valence-corrected chi connectivity index (χ2v) is 17.6. The zero-order valence-electron chi connectivity index (χ0n) is 36.4. The maximum atomic E-state index is 5.49. The normalized spacial score (nSPS) is 11.9. The van der Waals surface area contributed by atoms with E-state index in [0.29, 0.717) is 0 Å². The van der Waals surface area contributed by atoms with Crippen LogP contribution in [0.3, 0.4) is 0 Å². The van der Waals surface area contributed by atoms with Crippen LogP contribution < -0.4 is 0 Å². The topological polar surface area (TPSA) is 27.7 Å². The summed E-state index contributed by atoms with van der Waals surface area (Å²) < 4.78 is 7.24. The third-order valence-electron chi connectivity index (χ3n) is 13.8. The molecule has 67 heavy (non-hydrogen) atoms. The van der Waals surface area contributed by atoms with Crippen molar-refractivity contribution < 1.29 is 0 Å². The highest BCUT2D eigenvalue weighted by molar-refractivity contribution is 6.11. The Hall–Kier alpha value is -8.99. The molecule has 0 N–H and O–H groups in total. The molecule has 0 fully saturated rings. The Kier molecular flexibility index (Phi) is 8.25. The molecule has 0 saturated heterocycles. The SMILES string of the molecule is c1ccc2cc(-c3cc(-c4cc(-n5c6ccccc6c6ccccc65)cc(-n5c6ccccc6c6ccccc65)c4)cc(-c4ccc(-n5c6ccccc6c6ccccc65)cc4)n3)ccc2c1. The van der Waals surface area contributed by atoms with E-state index in [4.69, 9.17) is 4.98 Å². The summed E-state index contributed by atoms with van der Waals surface area (Å²) in [5.41, 5.74) is 16.5. The number of rotatable bonds is 6. The summed E-state index contributed by atoms with van der Waals surface area (Å²) in [6.07, 6.45) is 0. The Labute approximate surface area is 386 Å². The van der Waals surface area contributed by atoms with Gasteiger partial charge in [-0.2, -0.15) is 0 Å². The summed E-state index contributed by atoms with van der Waals surface area (Å²) in [6.45, 7) is 0. The molecule has 0 unspecified atom stereocenters. The van der Waals surface area contributed by atoms with Gasteiger partial charge >= 0.3 is 0 Å². The lowest BCUT2D eigenvalue weighted by molar-refractivity contribution is 1.13. The highest BCUT2D eigenvalue weighted by atomic mass is 15.0. The molecule has 4 heterocycles. The van der Waals surface area contributed by atoms with E-state index in [0.717, 1.165) is 50.7 Å². The molecule has 0 saturated carbocycles. The van der Waals surface area contributed by atoms with Crippen molar-refractivity contribution in [2.45, 2.75) is 0 Å². The van der Waals surface area contributed by atoms with E-state index in [1.807, 2.05) is 0 Å². The monoisotopic (exact) mass is 852 g/mol. The predicted molar refractivity (Wildman–Crippen MR) is 281 cm³/mol. The van der Waals surface area contributed by atoms with Crippen molar-refractivity contribution in [2.75, 3.05) is 0 Å². The first-order valence-electron chi connectivity index (χ1n) is 22.9. The van der Waals surface area contributed by atoms with E-state index < -0.39 is 0 Å². The lowest BCUT2D eigenvalue weighted by Crippen LogP contribution is -2.00. The van der Waals surface area contributed by atoms with Crippen LogP contribution in [0.4, 0.5) is 0 Å². The van der Waals surface area contributed by atoms with Gasteiger partial charge in [0.05, 0.1) is 44.5 Å². The molecule has 4 nitrogen and oxygen atoms in total. The number of hydrogen-bond donors (Lipinski definition) is 0. The van der Waals surface area contributed by atoms with Gasteiger partial charge in [0.25, 0.3) is 0 Å². The predicted octanol–water partition coefficient (Wildman–Crippen LogP) is 16.5. The van der Waals surface area contributed by atoms with Crippen LogP contribution in [0.15, 0.2) is 243 Å². The van der Waals surface area contributed by atoms with Crippen LogP contribution in [-0.2, 0) is 0 Å². The molecule has 0 amide bonds. The molecule has 0 aliphatic carbocycles. The third kappa shape index (κ3) is 5.90. The summed E-state index contributed by atoms with van der Waals surface area (Å²) >= 11 is 0. The van der Waals surface area contributed by atoms with Crippen molar-refractivity contribution in [3.8, 4) is 50.7 Å². The second kappa shape index (κ2) is 14.8. The number of benzene rings is 10. The number of para-hydroxylation sites is 6. The third-order valence-corrected chi connectivity index (χ3v) is 13.8. The lowest BCUT2D eigenvalue weighted by Gasteiger charge is -2.17. The smallest absolute Gasteiger partial charge is 0.0715 e. The molecule has 0 bridgehead atoms. The van der Waals surface area contributed by atoms with E-state index in [1.54, 1.807) is 0 Å². The van der Waals surface area contributed by atoms with Crippen LogP contribution in [0.1, 0.15) is 0 Å². The van der Waals surface area contributed by atoms with Gasteiger partial charge in [-0.15, -0.1) is 0 Å². The average molecular weight is 853 g/mol. The van der Waals surface area contributed by atoms with E-state index in [2.05, 4.69) is 256 Å². The van der Waals surface area contributed by atoms with Crippen LogP contribution in [0.25, 0.3) is 127 Å². The van der Waals surface area contributed by atoms with Crippen LogP contribution >= 0.6 is 0 Å². The van der Waals surface area contributed by atoms with Gasteiger partial charge < -0.3 is 13.7 Å². The van der Waals surface area contributed by atoms with Gasteiger partial charge in [-0.05, 0) is 107 Å². The number of aromatic nitrogens is 4. The first kappa shape index (κ1) is 37.4. The second-order valence-electron chi connectivity index (χ2n) is 17.6. The maximum Gasteiger partial charge on any atom is 0.0715 e. The standard InChI is InChI=1S/C63H40N4/c1-2-16-43-35-44(30-29-41(43)15-1)57-39-46(38-56(64-57)42-31-33-47(34-32-42)65-58-23-9-3-17-50(58)51-18-4-10-24-59(51)65)45-36-48(66-60-25-11-5-19-52(60)53-20-6-12-26-61(53)66)40-49(37-45)67-62-27-13-7-21-54(62)55-22-8-14-28-63(55)67/h1-40H. The molecule has 0 aliphatic rings. The fraction of sp³-hybridized carbons (Fsp3) is 0. The quantitative estimate of drug-likeness (QED) is 0.164. The molecule has 0 aliphatic heterocycles. The molecule has 0 atom stereocenters. The summed E-state index contributed by atoms with van der Waals surface area (Å²) in [6, 6.07) is 88.3. The Morgan fingerprint density at radius 1 is 0.224 bits per heavy atom. The number of fused-ring (bicyclic) bond motifs is 10. The van der Waals surface area contributed by atoms with Crippen LogP contribution in [-0.4, -0.2) is 18.7 Å². The zero-order chi connectivity index (χ0) is 44.0. The van der Waals surface area contributed by atoms with Crippen molar-refractivity contribution in [2.24, 2.45) is 0 Å². The van der Waals surface area contributed by atoms with Gasteiger partial charge in [0.2, 0.25) is 0 Å². The summed E-state index contributed by atoms with van der Waals surface area (Å²) in [7, 11) is 0. The Morgan fingerprint density at radius 2 is 0.567 bits per heavy atom. The molecular formula is C63H40N4. The summed E-state index contributed by atoms with van der Waals surface area (Å²) in [5, 5.41) is 9.82. The highest BCUT2D eigenvalue weighted by Crippen LogP contribution is 2.40. The van der Waals surface area contributed by atoms with Crippen LogP contribution in [0.5, 0.6) is 0 Å². The fourth-order valence-electron chi connectivity index (χ4n) is 10.7. The Balaban J connectivity index is 1.02. The first-order chi connectivity index (χ1) is 33.2. The highest BCUT2D eigenvalue weighted by Gasteiger charge is 2.19. The van der Waals surface area contributed by atoms with Crippen molar-refractivity contribution in [3.05, 3.63) is 243 Å². The average Bonchev–Trinajstić information content (AvgIpc) is 4.04. The molecule has 4 aromatic heterocycles. The summed E-state index contributed by atoms with van der Waals surface area (Å²) in [4.78, 5) is 5.49. The van der Waals surface area contributed by atoms with Gasteiger partial charge in [-0.25, -0.2) is 4.98 Å². The minimum atomic E-state index is 0.912. The van der Waals surface area contributed by atoms with Crippen molar-refractivity contribution in [1.82, 2.24) is 18.7 Å². The number of nitrogens with zero attached hydrogens (tertiary/aromatic N) is 4.